The van der Waals surface area contributed by atoms with E-state index in [1.165, 1.54) is 5.69 Å². The highest BCUT2D eigenvalue weighted by Gasteiger charge is 2.18. The third-order valence-electron chi connectivity index (χ3n) is 3.90. The van der Waals surface area contributed by atoms with E-state index in [1.807, 2.05) is 12.1 Å². The number of nitrogens with zero attached hydrogens (tertiary/aromatic N) is 1. The van der Waals surface area contributed by atoms with Crippen molar-refractivity contribution in [3.05, 3.63) is 36.4 Å². The molecule has 1 aliphatic rings. The van der Waals surface area contributed by atoms with Gasteiger partial charge in [-0.1, -0.05) is 12.2 Å². The van der Waals surface area contributed by atoms with Gasteiger partial charge < -0.3 is 10.2 Å². The number of amides is 1. The molecule has 1 aliphatic carbocycles. The van der Waals surface area contributed by atoms with Gasteiger partial charge in [-0.3, -0.25) is 4.79 Å². The van der Waals surface area contributed by atoms with Crippen molar-refractivity contribution in [1.29, 1.82) is 0 Å². The van der Waals surface area contributed by atoms with Crippen LogP contribution in [0.25, 0.3) is 0 Å². The van der Waals surface area contributed by atoms with Crippen molar-refractivity contribution >= 4 is 17.3 Å². The summed E-state index contributed by atoms with van der Waals surface area (Å²) in [5.74, 6) is 0.271. The second kappa shape index (κ2) is 7.13. The smallest absolute Gasteiger partial charge is 0.227 e. The zero-order chi connectivity index (χ0) is 14.4. The molecule has 1 aromatic rings. The number of rotatable bonds is 5. The van der Waals surface area contributed by atoms with Gasteiger partial charge >= 0.3 is 0 Å². The Kier molecular flexibility index (Phi) is 5.22. The van der Waals surface area contributed by atoms with E-state index in [9.17, 15) is 4.79 Å². The van der Waals surface area contributed by atoms with E-state index in [0.29, 0.717) is 0 Å². The predicted molar refractivity (Wildman–Crippen MR) is 85.1 cm³/mol. The van der Waals surface area contributed by atoms with Gasteiger partial charge in [-0.05, 0) is 57.4 Å². The molecule has 3 heteroatoms. The average molecular weight is 272 g/mol. The molecule has 0 saturated carbocycles. The molecule has 3 nitrogen and oxygen atoms in total. The second-order valence-electron chi connectivity index (χ2n) is 5.19. The van der Waals surface area contributed by atoms with E-state index in [-0.39, 0.29) is 11.8 Å². The molecule has 0 unspecified atom stereocenters. The highest BCUT2D eigenvalue weighted by Crippen LogP contribution is 2.22. The van der Waals surface area contributed by atoms with Crippen molar-refractivity contribution in [2.45, 2.75) is 33.1 Å². The van der Waals surface area contributed by atoms with Gasteiger partial charge in [0.25, 0.3) is 0 Å². The molecule has 0 fully saturated rings. The van der Waals surface area contributed by atoms with Crippen LogP contribution in [-0.4, -0.2) is 19.0 Å². The van der Waals surface area contributed by atoms with Crippen molar-refractivity contribution in [2.75, 3.05) is 23.3 Å². The molecule has 1 aromatic carbocycles. The zero-order valence-corrected chi connectivity index (χ0v) is 12.4. The molecule has 108 valence electrons. The lowest BCUT2D eigenvalue weighted by Crippen LogP contribution is -2.24. The number of hydrogen-bond acceptors (Lipinski definition) is 2. The van der Waals surface area contributed by atoms with Gasteiger partial charge in [0, 0.05) is 30.4 Å². The van der Waals surface area contributed by atoms with Crippen LogP contribution < -0.4 is 10.2 Å². The molecule has 2 rings (SSSR count). The lowest BCUT2D eigenvalue weighted by Gasteiger charge is -2.21. The van der Waals surface area contributed by atoms with Crippen LogP contribution in [0.2, 0.25) is 0 Å². The van der Waals surface area contributed by atoms with Crippen molar-refractivity contribution < 1.29 is 4.79 Å². The Morgan fingerprint density at radius 3 is 2.45 bits per heavy atom. The molecule has 0 bridgehead atoms. The number of carbonyl (C=O) groups excluding carboxylic acids is 1. The number of hydrogen-bond donors (Lipinski definition) is 1. The standard InChI is InChI=1S/C17H24N2O/c1-3-19(4-2)16-12-10-15(11-13-16)18-17(20)14-8-6-5-7-9-14/h5-6,10-14H,3-4,7-9H2,1-2H3,(H,18,20)/t14-/m1/s1. The first-order chi connectivity index (χ1) is 9.74. The fourth-order valence-electron chi connectivity index (χ4n) is 2.62. The third kappa shape index (κ3) is 3.62. The predicted octanol–water partition coefficient (Wildman–Crippen LogP) is 3.83. The maximum Gasteiger partial charge on any atom is 0.227 e. The van der Waals surface area contributed by atoms with Gasteiger partial charge in [0.2, 0.25) is 5.91 Å². The summed E-state index contributed by atoms with van der Waals surface area (Å²) in [4.78, 5) is 14.4. The third-order valence-corrected chi connectivity index (χ3v) is 3.90. The largest absolute Gasteiger partial charge is 0.372 e. The highest BCUT2D eigenvalue weighted by atomic mass is 16.1. The van der Waals surface area contributed by atoms with E-state index in [2.05, 4.69) is 48.3 Å². The van der Waals surface area contributed by atoms with E-state index in [4.69, 9.17) is 0 Å². The molecule has 1 N–H and O–H groups in total. The van der Waals surface area contributed by atoms with Crippen LogP contribution in [0, 0.1) is 5.92 Å². The Morgan fingerprint density at radius 2 is 1.90 bits per heavy atom. The van der Waals surface area contributed by atoms with Crippen LogP contribution in [0.5, 0.6) is 0 Å². The topological polar surface area (TPSA) is 32.3 Å². The molecule has 0 saturated heterocycles. The van der Waals surface area contributed by atoms with Crippen molar-refractivity contribution in [1.82, 2.24) is 0 Å². The maximum absolute atomic E-state index is 12.1. The van der Waals surface area contributed by atoms with Crippen LogP contribution in [-0.2, 0) is 4.79 Å². The lowest BCUT2D eigenvalue weighted by atomic mass is 9.93. The lowest BCUT2D eigenvalue weighted by molar-refractivity contribution is -0.120. The molecule has 0 heterocycles. The zero-order valence-electron chi connectivity index (χ0n) is 12.4. The van der Waals surface area contributed by atoms with Gasteiger partial charge in [0.05, 0.1) is 0 Å². The molecule has 1 atom stereocenters. The summed E-state index contributed by atoms with van der Waals surface area (Å²) in [6.07, 6.45) is 7.10. The van der Waals surface area contributed by atoms with E-state index in [0.717, 1.165) is 38.0 Å². The second-order valence-corrected chi connectivity index (χ2v) is 5.19. The fraction of sp³-hybridized carbons (Fsp3) is 0.471. The number of benzene rings is 1. The van der Waals surface area contributed by atoms with Crippen LogP contribution in [0.1, 0.15) is 33.1 Å². The Balaban J connectivity index is 1.96. The van der Waals surface area contributed by atoms with Gasteiger partial charge in [-0.2, -0.15) is 0 Å². The number of anilines is 2. The number of allylic oxidation sites excluding steroid dienone is 2. The molecule has 20 heavy (non-hydrogen) atoms. The summed E-state index contributed by atoms with van der Waals surface area (Å²) in [5, 5.41) is 3.02. The van der Waals surface area contributed by atoms with Crippen LogP contribution in [0.4, 0.5) is 11.4 Å². The van der Waals surface area contributed by atoms with Gasteiger partial charge in [-0.25, -0.2) is 0 Å². The van der Waals surface area contributed by atoms with E-state index >= 15 is 0 Å². The summed E-state index contributed by atoms with van der Waals surface area (Å²) in [6, 6.07) is 8.13. The van der Waals surface area contributed by atoms with Crippen LogP contribution >= 0.6 is 0 Å². The fourth-order valence-corrected chi connectivity index (χ4v) is 2.62. The Labute approximate surface area is 121 Å². The molecule has 0 spiro atoms. The van der Waals surface area contributed by atoms with E-state index < -0.39 is 0 Å². The van der Waals surface area contributed by atoms with E-state index in [1.54, 1.807) is 0 Å². The SMILES string of the molecule is CCN(CC)c1ccc(NC(=O)[C@@H]2CC=CCC2)cc1. The Morgan fingerprint density at radius 1 is 1.20 bits per heavy atom. The van der Waals surface area contributed by atoms with Crippen molar-refractivity contribution in [2.24, 2.45) is 5.92 Å². The average Bonchev–Trinajstić information content (AvgIpc) is 2.51. The van der Waals surface area contributed by atoms with Gasteiger partial charge in [-0.15, -0.1) is 0 Å². The summed E-state index contributed by atoms with van der Waals surface area (Å²) in [6.45, 7) is 6.29. The monoisotopic (exact) mass is 272 g/mol. The molecule has 0 aromatic heterocycles. The van der Waals surface area contributed by atoms with Crippen LogP contribution in [0.15, 0.2) is 36.4 Å². The quantitative estimate of drug-likeness (QED) is 0.826. The molecule has 0 aliphatic heterocycles. The number of nitrogens with one attached hydrogen (secondary N) is 1. The van der Waals surface area contributed by atoms with Gasteiger partial charge in [0.15, 0.2) is 0 Å². The summed E-state index contributed by atoms with van der Waals surface area (Å²) < 4.78 is 0. The van der Waals surface area contributed by atoms with Crippen molar-refractivity contribution in [3.63, 3.8) is 0 Å². The minimum Gasteiger partial charge on any atom is -0.372 e. The summed E-state index contributed by atoms with van der Waals surface area (Å²) in [5.41, 5.74) is 2.09. The molecular formula is C17H24N2O. The van der Waals surface area contributed by atoms with Gasteiger partial charge in [0.1, 0.15) is 0 Å². The minimum atomic E-state index is 0.127. The summed E-state index contributed by atoms with van der Waals surface area (Å²) in [7, 11) is 0. The molecular weight excluding hydrogens is 248 g/mol. The first-order valence-corrected chi connectivity index (χ1v) is 7.55. The Hall–Kier alpha value is -1.77. The molecule has 1 amide bonds. The highest BCUT2D eigenvalue weighted by molar-refractivity contribution is 5.92. The van der Waals surface area contributed by atoms with Crippen LogP contribution in [0.3, 0.4) is 0 Å². The van der Waals surface area contributed by atoms with Crippen molar-refractivity contribution in [3.8, 4) is 0 Å². The normalized spacial score (nSPS) is 17.8. The minimum absolute atomic E-state index is 0.127. The first kappa shape index (κ1) is 14.6. The molecule has 0 radical (unpaired) electrons. The Bertz CT molecular complexity index is 460. The maximum atomic E-state index is 12.1. The number of carbonyl (C=O) groups is 1. The first-order valence-electron chi connectivity index (χ1n) is 7.55. The summed E-state index contributed by atoms with van der Waals surface area (Å²) >= 11 is 0.